The highest BCUT2D eigenvalue weighted by molar-refractivity contribution is 9.10. The third-order valence-electron chi connectivity index (χ3n) is 2.08. The zero-order valence-electron chi connectivity index (χ0n) is 9.54. The molecule has 0 fully saturated rings. The van der Waals surface area contributed by atoms with Crippen LogP contribution in [0.3, 0.4) is 0 Å². The van der Waals surface area contributed by atoms with Crippen LogP contribution in [0.1, 0.15) is 11.3 Å². The summed E-state index contributed by atoms with van der Waals surface area (Å²) >= 11 is 5.25. The van der Waals surface area contributed by atoms with Crippen molar-refractivity contribution in [1.82, 2.24) is 5.32 Å². The van der Waals surface area contributed by atoms with Crippen molar-refractivity contribution in [1.29, 1.82) is 0 Å². The van der Waals surface area contributed by atoms with Crippen molar-refractivity contribution in [3.63, 3.8) is 0 Å². The Morgan fingerprint density at radius 2 is 2.31 bits per heavy atom. The van der Waals surface area contributed by atoms with Crippen molar-refractivity contribution >= 4 is 27.3 Å². The van der Waals surface area contributed by atoms with Crippen LogP contribution < -0.4 is 5.32 Å². The normalized spacial score (nSPS) is 11.4. The monoisotopic (exact) mass is 303 g/mol. The lowest BCUT2D eigenvalue weighted by atomic mass is 10.3. The van der Waals surface area contributed by atoms with E-state index in [2.05, 4.69) is 44.8 Å². The van der Waals surface area contributed by atoms with Crippen LogP contribution in [0, 0.1) is 0 Å². The fourth-order valence-corrected chi connectivity index (χ4v) is 2.69. The van der Waals surface area contributed by atoms with Crippen molar-refractivity contribution in [2.75, 3.05) is 26.8 Å². The molecule has 0 aliphatic rings. The number of nitrogens with one attached hydrogen (secondary N) is 1. The van der Waals surface area contributed by atoms with Gasteiger partial charge in [-0.05, 0) is 41.4 Å². The molecule has 1 heterocycles. The number of rotatable bonds is 8. The molecule has 0 saturated carbocycles. The van der Waals surface area contributed by atoms with Gasteiger partial charge in [-0.15, -0.1) is 11.3 Å². The molecule has 1 rings (SSSR count). The van der Waals surface area contributed by atoms with E-state index < -0.39 is 0 Å². The number of hydrogen-bond acceptors (Lipinski definition) is 3. The molecule has 4 heteroatoms. The van der Waals surface area contributed by atoms with Gasteiger partial charge in [-0.1, -0.05) is 12.2 Å². The minimum atomic E-state index is 0.785. The SMILES string of the molecule is COCCNCCC=CCc1cc(Br)cs1. The van der Waals surface area contributed by atoms with E-state index in [9.17, 15) is 0 Å². The van der Waals surface area contributed by atoms with Gasteiger partial charge in [0, 0.05) is 28.4 Å². The lowest BCUT2D eigenvalue weighted by Crippen LogP contribution is -2.19. The summed E-state index contributed by atoms with van der Waals surface area (Å²) in [5.41, 5.74) is 0. The molecular formula is C12H18BrNOS. The van der Waals surface area contributed by atoms with E-state index >= 15 is 0 Å². The molecule has 1 N–H and O–H groups in total. The molecule has 0 spiro atoms. The Kier molecular flexibility index (Phi) is 7.76. The molecule has 0 atom stereocenters. The number of hydrogen-bond donors (Lipinski definition) is 1. The quantitative estimate of drug-likeness (QED) is 0.588. The van der Waals surface area contributed by atoms with Crippen molar-refractivity contribution in [3.8, 4) is 0 Å². The molecule has 90 valence electrons. The summed E-state index contributed by atoms with van der Waals surface area (Å²) in [5.74, 6) is 0. The van der Waals surface area contributed by atoms with Crippen LogP contribution in [0.25, 0.3) is 0 Å². The molecule has 1 aromatic heterocycles. The number of ether oxygens (including phenoxy) is 1. The molecule has 2 nitrogen and oxygen atoms in total. The maximum Gasteiger partial charge on any atom is 0.0587 e. The Bertz CT molecular complexity index is 312. The summed E-state index contributed by atoms with van der Waals surface area (Å²) in [6.45, 7) is 2.74. The standard InChI is InChI=1S/C12H18BrNOS/c1-15-8-7-14-6-4-2-3-5-12-9-11(13)10-16-12/h2-3,9-10,14H,4-8H2,1H3. The van der Waals surface area contributed by atoms with Crippen LogP contribution in [0.15, 0.2) is 28.1 Å². The van der Waals surface area contributed by atoms with Crippen molar-refractivity contribution < 1.29 is 4.74 Å². The van der Waals surface area contributed by atoms with Crippen molar-refractivity contribution in [2.45, 2.75) is 12.8 Å². The predicted molar refractivity (Wildman–Crippen MR) is 74.2 cm³/mol. The maximum atomic E-state index is 4.95. The molecule has 0 unspecified atom stereocenters. The zero-order valence-corrected chi connectivity index (χ0v) is 11.9. The van der Waals surface area contributed by atoms with Gasteiger partial charge < -0.3 is 10.1 Å². The second-order valence-corrected chi connectivity index (χ2v) is 5.35. The average molecular weight is 304 g/mol. The first-order chi connectivity index (χ1) is 7.83. The average Bonchev–Trinajstić information content (AvgIpc) is 2.68. The largest absolute Gasteiger partial charge is 0.383 e. The van der Waals surface area contributed by atoms with E-state index in [1.807, 2.05) is 0 Å². The number of halogens is 1. The van der Waals surface area contributed by atoms with Gasteiger partial charge in [-0.25, -0.2) is 0 Å². The minimum Gasteiger partial charge on any atom is -0.383 e. The molecule has 0 aliphatic carbocycles. The van der Waals surface area contributed by atoms with Gasteiger partial charge in [0.25, 0.3) is 0 Å². The first kappa shape index (κ1) is 13.9. The van der Waals surface area contributed by atoms with E-state index in [-0.39, 0.29) is 0 Å². The molecule has 0 amide bonds. The van der Waals surface area contributed by atoms with E-state index in [0.29, 0.717) is 0 Å². The van der Waals surface area contributed by atoms with Crippen molar-refractivity contribution in [3.05, 3.63) is 32.9 Å². The first-order valence-electron chi connectivity index (χ1n) is 5.40. The second kappa shape index (κ2) is 8.93. The number of methoxy groups -OCH3 is 1. The van der Waals surface area contributed by atoms with Gasteiger partial charge in [0.15, 0.2) is 0 Å². The summed E-state index contributed by atoms with van der Waals surface area (Å²) < 4.78 is 6.13. The van der Waals surface area contributed by atoms with Crippen LogP contribution in [0.4, 0.5) is 0 Å². The lowest BCUT2D eigenvalue weighted by Gasteiger charge is -2.00. The topological polar surface area (TPSA) is 21.3 Å². The highest BCUT2D eigenvalue weighted by Gasteiger charge is 1.93. The van der Waals surface area contributed by atoms with E-state index in [4.69, 9.17) is 4.74 Å². The number of allylic oxidation sites excluding steroid dienone is 1. The molecule has 0 aromatic carbocycles. The second-order valence-electron chi connectivity index (χ2n) is 3.44. The molecule has 0 radical (unpaired) electrons. The summed E-state index contributed by atoms with van der Waals surface area (Å²) in [7, 11) is 1.72. The van der Waals surface area contributed by atoms with Crippen LogP contribution in [0.2, 0.25) is 0 Å². The summed E-state index contributed by atoms with van der Waals surface area (Å²) in [6.07, 6.45) is 6.58. The molecule has 16 heavy (non-hydrogen) atoms. The van der Waals surface area contributed by atoms with E-state index in [0.717, 1.165) is 32.5 Å². The fraction of sp³-hybridized carbons (Fsp3) is 0.500. The van der Waals surface area contributed by atoms with Crippen LogP contribution in [-0.4, -0.2) is 26.8 Å². The summed E-state index contributed by atoms with van der Waals surface area (Å²) in [4.78, 5) is 1.40. The van der Waals surface area contributed by atoms with Gasteiger partial charge in [0.1, 0.15) is 0 Å². The Morgan fingerprint density at radius 1 is 1.44 bits per heavy atom. The van der Waals surface area contributed by atoms with Gasteiger partial charge in [-0.2, -0.15) is 0 Å². The summed E-state index contributed by atoms with van der Waals surface area (Å²) in [6, 6.07) is 2.17. The highest BCUT2D eigenvalue weighted by atomic mass is 79.9. The molecule has 0 saturated heterocycles. The maximum absolute atomic E-state index is 4.95. The first-order valence-corrected chi connectivity index (χ1v) is 7.07. The minimum absolute atomic E-state index is 0.785. The third kappa shape index (κ3) is 6.43. The molecule has 1 aromatic rings. The van der Waals surface area contributed by atoms with Crippen molar-refractivity contribution in [2.24, 2.45) is 0 Å². The van der Waals surface area contributed by atoms with Gasteiger partial charge in [-0.3, -0.25) is 0 Å². The zero-order chi connectivity index (χ0) is 11.6. The van der Waals surface area contributed by atoms with Gasteiger partial charge in [0.05, 0.1) is 6.61 Å². The Morgan fingerprint density at radius 3 is 3.00 bits per heavy atom. The molecule has 0 aliphatic heterocycles. The van der Waals surface area contributed by atoms with Gasteiger partial charge in [0.2, 0.25) is 0 Å². The Labute approximate surface area is 110 Å². The predicted octanol–water partition coefficient (Wildman–Crippen LogP) is 3.24. The summed E-state index contributed by atoms with van der Waals surface area (Å²) in [5, 5.41) is 5.43. The third-order valence-corrected chi connectivity index (χ3v) is 3.80. The van der Waals surface area contributed by atoms with Crippen LogP contribution >= 0.6 is 27.3 Å². The van der Waals surface area contributed by atoms with E-state index in [1.54, 1.807) is 18.4 Å². The molecule has 0 bridgehead atoms. The fourth-order valence-electron chi connectivity index (χ4n) is 1.26. The van der Waals surface area contributed by atoms with E-state index in [1.165, 1.54) is 9.35 Å². The van der Waals surface area contributed by atoms with Gasteiger partial charge >= 0.3 is 0 Å². The lowest BCUT2D eigenvalue weighted by molar-refractivity contribution is 0.199. The number of thiophene rings is 1. The van der Waals surface area contributed by atoms with Crippen LogP contribution in [0.5, 0.6) is 0 Å². The smallest absolute Gasteiger partial charge is 0.0587 e. The highest BCUT2D eigenvalue weighted by Crippen LogP contribution is 2.20. The Balaban J connectivity index is 2.00. The Hall–Kier alpha value is -0.160. The molecular weight excluding hydrogens is 286 g/mol. The van der Waals surface area contributed by atoms with Crippen LogP contribution in [-0.2, 0) is 11.2 Å².